The Morgan fingerprint density at radius 1 is 1.33 bits per heavy atom. The zero-order valence-corrected chi connectivity index (χ0v) is 14.5. The third-order valence-electron chi connectivity index (χ3n) is 3.77. The minimum Gasteiger partial charge on any atom is -0.383 e. The number of hydrogen-bond acceptors (Lipinski definition) is 3. The van der Waals surface area contributed by atoms with Crippen molar-refractivity contribution in [2.75, 3.05) is 20.3 Å². The summed E-state index contributed by atoms with van der Waals surface area (Å²) in [5.41, 5.74) is 2.19. The minimum absolute atomic E-state index is 0.0868. The van der Waals surface area contributed by atoms with Gasteiger partial charge in [0.1, 0.15) is 5.82 Å². The second-order valence-electron chi connectivity index (χ2n) is 5.74. The highest BCUT2D eigenvalue weighted by Gasteiger charge is 2.20. The van der Waals surface area contributed by atoms with Gasteiger partial charge in [-0.1, -0.05) is 19.1 Å². The number of nitrogens with zero attached hydrogens (tertiary/aromatic N) is 3. The predicted octanol–water partition coefficient (Wildman–Crippen LogP) is 3.03. The third-order valence-corrected chi connectivity index (χ3v) is 3.77. The van der Waals surface area contributed by atoms with Gasteiger partial charge in [-0.3, -0.25) is 9.48 Å². The number of halogens is 1. The normalized spacial score (nSPS) is 10.8. The van der Waals surface area contributed by atoms with Gasteiger partial charge in [-0.25, -0.2) is 4.39 Å². The highest BCUT2D eigenvalue weighted by molar-refractivity contribution is 5.95. The van der Waals surface area contributed by atoms with Crippen LogP contribution in [0.3, 0.4) is 0 Å². The monoisotopic (exact) mass is 333 g/mol. The molecule has 0 N–H and O–H groups in total. The van der Waals surface area contributed by atoms with Crippen LogP contribution in [0.25, 0.3) is 0 Å². The standard InChI is InChI=1S/C18H24FN3O2/c1-4-9-22-13-17(14(2)20-22)18(23)21(10-11-24-3)12-15-5-7-16(19)8-6-15/h5-8,13H,4,9-12H2,1-3H3. The Balaban J connectivity index is 2.19. The lowest BCUT2D eigenvalue weighted by molar-refractivity contribution is 0.0679. The first-order valence-electron chi connectivity index (χ1n) is 8.11. The van der Waals surface area contributed by atoms with Crippen LogP contribution in [0, 0.1) is 12.7 Å². The van der Waals surface area contributed by atoms with Gasteiger partial charge in [0.25, 0.3) is 5.91 Å². The first-order chi connectivity index (χ1) is 11.5. The average molecular weight is 333 g/mol. The van der Waals surface area contributed by atoms with Gasteiger partial charge in [0.15, 0.2) is 0 Å². The van der Waals surface area contributed by atoms with Crippen molar-refractivity contribution in [3.8, 4) is 0 Å². The van der Waals surface area contributed by atoms with Gasteiger partial charge >= 0.3 is 0 Å². The number of benzene rings is 1. The molecule has 2 rings (SSSR count). The van der Waals surface area contributed by atoms with E-state index in [1.807, 2.05) is 6.92 Å². The van der Waals surface area contributed by atoms with Crippen LogP contribution in [0.4, 0.5) is 4.39 Å². The number of aromatic nitrogens is 2. The molecule has 0 saturated heterocycles. The molecule has 1 heterocycles. The van der Waals surface area contributed by atoms with Crippen molar-refractivity contribution in [3.05, 3.63) is 53.1 Å². The van der Waals surface area contributed by atoms with Crippen LogP contribution >= 0.6 is 0 Å². The van der Waals surface area contributed by atoms with Crippen molar-refractivity contribution in [1.82, 2.24) is 14.7 Å². The summed E-state index contributed by atoms with van der Waals surface area (Å²) in [4.78, 5) is 14.6. The highest BCUT2D eigenvalue weighted by atomic mass is 19.1. The fourth-order valence-corrected chi connectivity index (χ4v) is 2.51. The molecule has 0 aliphatic rings. The van der Waals surface area contributed by atoms with E-state index in [0.717, 1.165) is 24.2 Å². The molecule has 0 saturated carbocycles. The molecule has 2 aromatic rings. The SMILES string of the molecule is CCCn1cc(C(=O)N(CCOC)Cc2ccc(F)cc2)c(C)n1. The lowest BCUT2D eigenvalue weighted by Crippen LogP contribution is -2.33. The molecule has 0 aliphatic carbocycles. The van der Waals surface area contributed by atoms with Gasteiger partial charge in [0, 0.05) is 32.9 Å². The number of rotatable bonds is 8. The Morgan fingerprint density at radius 3 is 2.67 bits per heavy atom. The molecule has 130 valence electrons. The second kappa shape index (κ2) is 8.59. The zero-order chi connectivity index (χ0) is 17.5. The summed E-state index contributed by atoms with van der Waals surface area (Å²) in [6.45, 7) is 5.99. The van der Waals surface area contributed by atoms with Crippen molar-refractivity contribution in [2.24, 2.45) is 0 Å². The molecule has 0 aliphatic heterocycles. The molecule has 6 heteroatoms. The molecule has 0 spiro atoms. The lowest BCUT2D eigenvalue weighted by Gasteiger charge is -2.22. The van der Waals surface area contributed by atoms with E-state index in [4.69, 9.17) is 4.74 Å². The molecule has 0 bridgehead atoms. The van der Waals surface area contributed by atoms with Crippen molar-refractivity contribution in [3.63, 3.8) is 0 Å². The van der Waals surface area contributed by atoms with Crippen molar-refractivity contribution in [1.29, 1.82) is 0 Å². The van der Waals surface area contributed by atoms with Crippen LogP contribution in [-0.4, -0.2) is 40.8 Å². The molecule has 1 aromatic carbocycles. The van der Waals surface area contributed by atoms with Crippen LogP contribution in [0.2, 0.25) is 0 Å². The van der Waals surface area contributed by atoms with Crippen molar-refractivity contribution in [2.45, 2.75) is 33.4 Å². The number of hydrogen-bond donors (Lipinski definition) is 0. The van der Waals surface area contributed by atoms with E-state index in [-0.39, 0.29) is 11.7 Å². The van der Waals surface area contributed by atoms with E-state index in [1.165, 1.54) is 12.1 Å². The molecule has 5 nitrogen and oxygen atoms in total. The van der Waals surface area contributed by atoms with Crippen LogP contribution < -0.4 is 0 Å². The maximum Gasteiger partial charge on any atom is 0.257 e. The minimum atomic E-state index is -0.287. The Bertz CT molecular complexity index is 667. The van der Waals surface area contributed by atoms with Gasteiger partial charge in [-0.2, -0.15) is 5.10 Å². The Morgan fingerprint density at radius 2 is 2.04 bits per heavy atom. The molecule has 0 atom stereocenters. The van der Waals surface area contributed by atoms with E-state index in [9.17, 15) is 9.18 Å². The number of ether oxygens (including phenoxy) is 1. The summed E-state index contributed by atoms with van der Waals surface area (Å²) in [6.07, 6.45) is 2.75. The fraction of sp³-hybridized carbons (Fsp3) is 0.444. The summed E-state index contributed by atoms with van der Waals surface area (Å²) in [5, 5.41) is 4.39. The summed E-state index contributed by atoms with van der Waals surface area (Å²) >= 11 is 0. The van der Waals surface area contributed by atoms with Crippen molar-refractivity contribution >= 4 is 5.91 Å². The maximum atomic E-state index is 13.1. The van der Waals surface area contributed by atoms with E-state index < -0.39 is 0 Å². The summed E-state index contributed by atoms with van der Waals surface area (Å²) < 4.78 is 20.0. The second-order valence-corrected chi connectivity index (χ2v) is 5.74. The van der Waals surface area contributed by atoms with Crippen LogP contribution in [0.1, 0.15) is 35.0 Å². The van der Waals surface area contributed by atoms with Crippen molar-refractivity contribution < 1.29 is 13.9 Å². The highest BCUT2D eigenvalue weighted by Crippen LogP contribution is 2.14. The number of carbonyl (C=O) groups is 1. The Labute approximate surface area is 142 Å². The van der Waals surface area contributed by atoms with Gasteiger partial charge in [-0.15, -0.1) is 0 Å². The molecule has 0 fully saturated rings. The van der Waals surface area contributed by atoms with Gasteiger partial charge in [0.2, 0.25) is 0 Å². The quantitative estimate of drug-likeness (QED) is 0.746. The predicted molar refractivity (Wildman–Crippen MR) is 90.3 cm³/mol. The lowest BCUT2D eigenvalue weighted by atomic mass is 10.1. The topological polar surface area (TPSA) is 47.4 Å². The van der Waals surface area contributed by atoms with E-state index in [1.54, 1.807) is 35.0 Å². The van der Waals surface area contributed by atoms with Crippen LogP contribution in [-0.2, 0) is 17.8 Å². The van der Waals surface area contributed by atoms with Crippen LogP contribution in [0.15, 0.2) is 30.5 Å². The summed E-state index contributed by atoms with van der Waals surface area (Å²) in [6, 6.07) is 6.18. The fourth-order valence-electron chi connectivity index (χ4n) is 2.51. The first-order valence-corrected chi connectivity index (χ1v) is 8.11. The number of aryl methyl sites for hydroxylation is 2. The van der Waals surface area contributed by atoms with E-state index >= 15 is 0 Å². The number of carbonyl (C=O) groups excluding carboxylic acids is 1. The zero-order valence-electron chi connectivity index (χ0n) is 14.5. The van der Waals surface area contributed by atoms with Crippen LogP contribution in [0.5, 0.6) is 0 Å². The van der Waals surface area contributed by atoms with Gasteiger partial charge < -0.3 is 9.64 Å². The smallest absolute Gasteiger partial charge is 0.257 e. The summed E-state index contributed by atoms with van der Waals surface area (Å²) in [7, 11) is 1.60. The molecule has 1 aromatic heterocycles. The Kier molecular flexibility index (Phi) is 6.49. The van der Waals surface area contributed by atoms with E-state index in [0.29, 0.717) is 25.3 Å². The molecular weight excluding hydrogens is 309 g/mol. The van der Waals surface area contributed by atoms with Gasteiger partial charge in [-0.05, 0) is 31.0 Å². The Hall–Kier alpha value is -2.21. The molecule has 1 amide bonds. The molecule has 0 unspecified atom stereocenters. The van der Waals surface area contributed by atoms with E-state index in [2.05, 4.69) is 12.0 Å². The molecule has 0 radical (unpaired) electrons. The molecule has 24 heavy (non-hydrogen) atoms. The maximum absolute atomic E-state index is 13.1. The average Bonchev–Trinajstić information content (AvgIpc) is 2.93. The summed E-state index contributed by atoms with van der Waals surface area (Å²) in [5.74, 6) is -0.374. The number of amides is 1. The largest absolute Gasteiger partial charge is 0.383 e. The first kappa shape index (κ1) is 18.1. The van der Waals surface area contributed by atoms with Gasteiger partial charge in [0.05, 0.1) is 17.9 Å². The number of methoxy groups -OCH3 is 1. The third kappa shape index (κ3) is 4.64. The molecular formula is C18H24FN3O2.